The number of nitrogens with zero attached hydrogens (tertiary/aromatic N) is 1. The molecule has 5 heteroatoms. The molecule has 0 bridgehead atoms. The van der Waals surface area contributed by atoms with E-state index in [1.54, 1.807) is 24.3 Å². The summed E-state index contributed by atoms with van der Waals surface area (Å²) in [5.41, 5.74) is 9.03. The van der Waals surface area contributed by atoms with Gasteiger partial charge in [-0.2, -0.15) is 0 Å². The number of sulfonamides is 1. The van der Waals surface area contributed by atoms with Crippen LogP contribution < -0.4 is 10.0 Å². The van der Waals surface area contributed by atoms with Gasteiger partial charge in [0.2, 0.25) is 0 Å². The van der Waals surface area contributed by atoms with E-state index < -0.39 is 10.0 Å². The summed E-state index contributed by atoms with van der Waals surface area (Å²) in [7, 11) is -3.62. The van der Waals surface area contributed by atoms with Crippen molar-refractivity contribution in [3.8, 4) is 0 Å². The lowest BCUT2D eigenvalue weighted by atomic mass is 10.0. The molecule has 4 nitrogen and oxygen atoms in total. The monoisotopic (exact) mass is 302 g/mol. The van der Waals surface area contributed by atoms with Crippen LogP contribution in [0.3, 0.4) is 0 Å². The van der Waals surface area contributed by atoms with Gasteiger partial charge in [0, 0.05) is 6.54 Å². The zero-order valence-electron chi connectivity index (χ0n) is 11.9. The van der Waals surface area contributed by atoms with E-state index in [9.17, 15) is 8.42 Å². The molecule has 2 aromatic rings. The number of benzene rings is 2. The third kappa shape index (κ3) is 2.27. The highest BCUT2D eigenvalue weighted by Gasteiger charge is 2.31. The third-order valence-corrected chi connectivity index (χ3v) is 5.74. The second-order valence-corrected chi connectivity index (χ2v) is 7.13. The molecular formula is C16H18N2O2S. The first-order valence-corrected chi connectivity index (χ1v) is 8.41. The van der Waals surface area contributed by atoms with Crippen LogP contribution in [-0.4, -0.2) is 15.0 Å². The summed E-state index contributed by atoms with van der Waals surface area (Å²) in [6, 6.07) is 12.5. The molecule has 0 fully saturated rings. The number of para-hydroxylation sites is 2. The molecule has 3 rings (SSSR count). The Balaban J connectivity index is 2.17. The van der Waals surface area contributed by atoms with E-state index in [-0.39, 0.29) is 4.90 Å². The second-order valence-electron chi connectivity index (χ2n) is 5.30. The second kappa shape index (κ2) is 5.07. The predicted molar refractivity (Wildman–Crippen MR) is 84.9 cm³/mol. The molecule has 1 aliphatic rings. The van der Waals surface area contributed by atoms with Crippen LogP contribution in [0.1, 0.15) is 17.5 Å². The van der Waals surface area contributed by atoms with Crippen LogP contribution in [0.5, 0.6) is 0 Å². The lowest BCUT2D eigenvalue weighted by Gasteiger charge is -2.32. The number of anilines is 2. The predicted octanol–water partition coefficient (Wildman–Crippen LogP) is 2.72. The van der Waals surface area contributed by atoms with Gasteiger partial charge in [-0.15, -0.1) is 0 Å². The van der Waals surface area contributed by atoms with Crippen molar-refractivity contribution in [3.05, 3.63) is 53.6 Å². The molecule has 1 heterocycles. The third-order valence-electron chi connectivity index (χ3n) is 3.87. The highest BCUT2D eigenvalue weighted by atomic mass is 32.2. The topological polar surface area (TPSA) is 63.4 Å². The van der Waals surface area contributed by atoms with E-state index in [1.165, 1.54) is 4.31 Å². The van der Waals surface area contributed by atoms with Crippen molar-refractivity contribution in [1.29, 1.82) is 0 Å². The molecule has 0 saturated heterocycles. The Morgan fingerprint density at radius 1 is 1.10 bits per heavy atom. The average molecular weight is 302 g/mol. The molecule has 2 aromatic carbocycles. The van der Waals surface area contributed by atoms with Gasteiger partial charge in [0.05, 0.1) is 11.4 Å². The van der Waals surface area contributed by atoms with Crippen molar-refractivity contribution in [2.45, 2.75) is 24.7 Å². The first kappa shape index (κ1) is 13.9. The highest BCUT2D eigenvalue weighted by molar-refractivity contribution is 7.93. The van der Waals surface area contributed by atoms with Crippen molar-refractivity contribution in [2.75, 3.05) is 16.6 Å². The maximum atomic E-state index is 13.0. The lowest BCUT2D eigenvalue weighted by Crippen LogP contribution is -2.36. The number of hydrogen-bond donors (Lipinski definition) is 1. The molecule has 0 atom stereocenters. The van der Waals surface area contributed by atoms with Crippen LogP contribution in [0.25, 0.3) is 0 Å². The first-order chi connectivity index (χ1) is 10.0. The van der Waals surface area contributed by atoms with Gasteiger partial charge in [-0.05, 0) is 43.0 Å². The van der Waals surface area contributed by atoms with Crippen molar-refractivity contribution in [2.24, 2.45) is 0 Å². The van der Waals surface area contributed by atoms with Gasteiger partial charge >= 0.3 is 0 Å². The van der Waals surface area contributed by atoms with E-state index in [0.29, 0.717) is 12.2 Å². The summed E-state index contributed by atoms with van der Waals surface area (Å²) in [4.78, 5) is 0.182. The molecule has 0 unspecified atom stereocenters. The molecule has 0 radical (unpaired) electrons. The Labute approximate surface area is 125 Å². The fraction of sp³-hybridized carbons (Fsp3) is 0.250. The van der Waals surface area contributed by atoms with Gasteiger partial charge in [0.15, 0.2) is 0 Å². The van der Waals surface area contributed by atoms with Gasteiger partial charge in [-0.25, -0.2) is 8.42 Å². The number of fused-ring (bicyclic) bond motifs is 1. The molecule has 110 valence electrons. The van der Waals surface area contributed by atoms with Crippen molar-refractivity contribution >= 4 is 21.4 Å². The average Bonchev–Trinajstić information content (AvgIpc) is 2.47. The van der Waals surface area contributed by atoms with Crippen molar-refractivity contribution in [1.82, 2.24) is 0 Å². The van der Waals surface area contributed by atoms with Gasteiger partial charge in [0.25, 0.3) is 10.0 Å². The fourth-order valence-corrected chi connectivity index (χ4v) is 4.60. The Hall–Kier alpha value is -2.01. The van der Waals surface area contributed by atoms with Gasteiger partial charge < -0.3 is 5.73 Å². The SMILES string of the molecule is Cc1cccc2c1N(S(=O)(=O)c1ccccc1N)CCC2. The largest absolute Gasteiger partial charge is 0.398 e. The van der Waals surface area contributed by atoms with Gasteiger partial charge in [0.1, 0.15) is 4.90 Å². The van der Waals surface area contributed by atoms with Crippen LogP contribution in [0.4, 0.5) is 11.4 Å². The summed E-state index contributed by atoms with van der Waals surface area (Å²) in [5, 5.41) is 0. The maximum Gasteiger partial charge on any atom is 0.266 e. The molecular weight excluding hydrogens is 284 g/mol. The summed E-state index contributed by atoms with van der Waals surface area (Å²) < 4.78 is 27.4. The number of aryl methyl sites for hydroxylation is 2. The zero-order chi connectivity index (χ0) is 15.0. The number of nitrogens with two attached hydrogens (primary N) is 1. The van der Waals surface area contributed by atoms with Crippen molar-refractivity contribution in [3.63, 3.8) is 0 Å². The standard InChI is InChI=1S/C16H18N2O2S/c1-12-6-4-7-13-8-5-11-18(16(12)13)21(19,20)15-10-3-2-9-14(15)17/h2-4,6-7,9-10H,5,8,11,17H2,1H3. The summed E-state index contributed by atoms with van der Waals surface area (Å²) in [5.74, 6) is 0. The molecule has 0 aliphatic carbocycles. The molecule has 0 saturated carbocycles. The van der Waals surface area contributed by atoms with Crippen LogP contribution >= 0.6 is 0 Å². The van der Waals surface area contributed by atoms with E-state index >= 15 is 0 Å². The van der Waals surface area contributed by atoms with Crippen LogP contribution in [0.2, 0.25) is 0 Å². The maximum absolute atomic E-state index is 13.0. The molecule has 2 N–H and O–H groups in total. The zero-order valence-corrected chi connectivity index (χ0v) is 12.7. The van der Waals surface area contributed by atoms with Crippen molar-refractivity contribution < 1.29 is 8.42 Å². The minimum Gasteiger partial charge on any atom is -0.398 e. The Bertz CT molecular complexity index is 785. The molecule has 0 spiro atoms. The van der Waals surface area contributed by atoms with Crippen LogP contribution in [0.15, 0.2) is 47.4 Å². The Kier molecular flexibility index (Phi) is 3.37. The highest BCUT2D eigenvalue weighted by Crippen LogP contribution is 2.35. The van der Waals surface area contributed by atoms with E-state index in [0.717, 1.165) is 29.7 Å². The molecule has 21 heavy (non-hydrogen) atoms. The number of hydrogen-bond acceptors (Lipinski definition) is 3. The first-order valence-electron chi connectivity index (χ1n) is 6.97. The Morgan fingerprint density at radius 3 is 2.62 bits per heavy atom. The molecule has 0 amide bonds. The minimum absolute atomic E-state index is 0.182. The van der Waals surface area contributed by atoms with Gasteiger partial charge in [-0.3, -0.25) is 4.31 Å². The van der Waals surface area contributed by atoms with Crippen LogP contribution in [-0.2, 0) is 16.4 Å². The lowest BCUT2D eigenvalue weighted by molar-refractivity contribution is 0.586. The van der Waals surface area contributed by atoms with Crippen LogP contribution in [0, 0.1) is 6.92 Å². The molecule has 1 aliphatic heterocycles. The smallest absolute Gasteiger partial charge is 0.266 e. The Morgan fingerprint density at radius 2 is 1.86 bits per heavy atom. The molecule has 0 aromatic heterocycles. The summed E-state index contributed by atoms with van der Waals surface area (Å²) >= 11 is 0. The normalized spacial score (nSPS) is 14.8. The van der Waals surface area contributed by atoms with E-state index in [1.807, 2.05) is 25.1 Å². The summed E-state index contributed by atoms with van der Waals surface area (Å²) in [6.07, 6.45) is 1.73. The van der Waals surface area contributed by atoms with E-state index in [4.69, 9.17) is 5.73 Å². The summed E-state index contributed by atoms with van der Waals surface area (Å²) in [6.45, 7) is 2.44. The minimum atomic E-state index is -3.62. The number of rotatable bonds is 2. The fourth-order valence-electron chi connectivity index (χ4n) is 2.88. The quantitative estimate of drug-likeness (QED) is 0.868. The number of nitrogen functional groups attached to an aromatic ring is 1. The van der Waals surface area contributed by atoms with Gasteiger partial charge in [-0.1, -0.05) is 30.3 Å². The van der Waals surface area contributed by atoms with E-state index in [2.05, 4.69) is 0 Å².